The summed E-state index contributed by atoms with van der Waals surface area (Å²) < 4.78 is 46.0. The maximum atomic E-state index is 12.9. The average Bonchev–Trinajstić information content (AvgIpc) is 3.48. The van der Waals surface area contributed by atoms with Gasteiger partial charge < -0.3 is 21.1 Å². The highest BCUT2D eigenvalue weighted by molar-refractivity contribution is 6.01. The van der Waals surface area contributed by atoms with Gasteiger partial charge in [0.15, 0.2) is 5.65 Å². The Bertz CT molecular complexity index is 1380. The van der Waals surface area contributed by atoms with Crippen LogP contribution in [0, 0.1) is 0 Å². The number of fused-ring (bicyclic) bond motifs is 1. The number of carbonyl (C=O) groups is 1. The number of rotatable bonds is 4. The summed E-state index contributed by atoms with van der Waals surface area (Å²) in [4.78, 5) is 20.8. The molecule has 0 bridgehead atoms. The third-order valence-electron chi connectivity index (χ3n) is 5.63. The largest absolute Gasteiger partial charge is 0.416 e. The summed E-state index contributed by atoms with van der Waals surface area (Å²) in [5.41, 5.74) is 7.71. The lowest BCUT2D eigenvalue weighted by Crippen LogP contribution is -2.19. The Labute approximate surface area is 197 Å². The lowest BCUT2D eigenvalue weighted by molar-refractivity contribution is -0.137. The summed E-state index contributed by atoms with van der Waals surface area (Å²) in [6.45, 7) is 1.18. The van der Waals surface area contributed by atoms with E-state index in [0.29, 0.717) is 41.4 Å². The van der Waals surface area contributed by atoms with Crippen LogP contribution in [-0.4, -0.2) is 39.0 Å². The first-order chi connectivity index (χ1) is 16.8. The van der Waals surface area contributed by atoms with Crippen LogP contribution in [0.2, 0.25) is 0 Å². The minimum Gasteiger partial charge on any atom is -0.383 e. The number of hydrogen-bond acceptors (Lipinski definition) is 6. The van der Waals surface area contributed by atoms with Crippen molar-refractivity contribution in [2.75, 3.05) is 29.6 Å². The molecule has 3 heterocycles. The number of ether oxygens (including phenoxy) is 1. The lowest BCUT2D eigenvalue weighted by atomic mass is 10.1. The van der Waals surface area contributed by atoms with E-state index in [1.165, 1.54) is 18.5 Å². The summed E-state index contributed by atoms with van der Waals surface area (Å²) in [6, 6.07) is 10.6. The highest BCUT2D eigenvalue weighted by atomic mass is 19.4. The maximum absolute atomic E-state index is 12.9. The second kappa shape index (κ2) is 8.87. The summed E-state index contributed by atoms with van der Waals surface area (Å²) in [5.74, 6) is 0.304. The minimum absolute atomic E-state index is 0.0253. The van der Waals surface area contributed by atoms with Crippen LogP contribution in [0.5, 0.6) is 0 Å². The summed E-state index contributed by atoms with van der Waals surface area (Å²) in [6.07, 6.45) is -2.30. The molecule has 35 heavy (non-hydrogen) atoms. The van der Waals surface area contributed by atoms with Gasteiger partial charge in [-0.1, -0.05) is 18.2 Å². The predicted molar refractivity (Wildman–Crippen MR) is 124 cm³/mol. The second-order valence-corrected chi connectivity index (χ2v) is 8.00. The third kappa shape index (κ3) is 4.60. The molecule has 5 rings (SSSR count). The molecule has 180 valence electrons. The van der Waals surface area contributed by atoms with Gasteiger partial charge >= 0.3 is 12.2 Å². The van der Waals surface area contributed by atoms with E-state index < -0.39 is 17.8 Å². The number of urea groups is 1. The van der Waals surface area contributed by atoms with Crippen LogP contribution in [0.3, 0.4) is 0 Å². The fourth-order valence-corrected chi connectivity index (χ4v) is 3.95. The molecule has 4 N–H and O–H groups in total. The van der Waals surface area contributed by atoms with Gasteiger partial charge in [-0.3, -0.25) is 0 Å². The zero-order valence-corrected chi connectivity index (χ0v) is 18.2. The standard InChI is InChI=1S/C23H20F3N7O2/c24-23(25,26)14-2-1-3-16(10-14)31-22(34)30-15-6-4-13(5-7-15)19-18-20(27)28-12-29-21(18)33(32-19)17-8-9-35-11-17/h1-7,10,12,17H,8-9,11H2,(H2,27,28,29)(H2,30,31,34). The van der Waals surface area contributed by atoms with Crippen LogP contribution >= 0.6 is 0 Å². The SMILES string of the molecule is Nc1ncnc2c1c(-c1ccc(NC(=O)Nc3cccc(C(F)(F)F)c3)cc1)nn2C1CCOC1. The van der Waals surface area contributed by atoms with Crippen LogP contribution in [-0.2, 0) is 10.9 Å². The minimum atomic E-state index is -4.50. The molecular weight excluding hydrogens is 463 g/mol. The molecule has 0 aliphatic carbocycles. The van der Waals surface area contributed by atoms with E-state index in [1.54, 1.807) is 24.3 Å². The highest BCUT2D eigenvalue weighted by Gasteiger charge is 2.30. The molecule has 9 nitrogen and oxygen atoms in total. The number of carbonyl (C=O) groups excluding carboxylic acids is 1. The normalized spacial score (nSPS) is 15.9. The molecule has 2 amide bonds. The van der Waals surface area contributed by atoms with Crippen molar-refractivity contribution in [3.63, 3.8) is 0 Å². The number of aromatic nitrogens is 4. The van der Waals surface area contributed by atoms with Gasteiger partial charge in [0, 0.05) is 23.5 Å². The zero-order valence-electron chi connectivity index (χ0n) is 18.2. The molecule has 1 unspecified atom stereocenters. The van der Waals surface area contributed by atoms with Crippen molar-refractivity contribution in [1.29, 1.82) is 0 Å². The van der Waals surface area contributed by atoms with Gasteiger partial charge in [0.05, 0.1) is 23.6 Å². The molecule has 0 saturated carbocycles. The number of amides is 2. The van der Waals surface area contributed by atoms with Gasteiger partial charge in [-0.15, -0.1) is 0 Å². The van der Waals surface area contributed by atoms with Crippen LogP contribution in [0.25, 0.3) is 22.3 Å². The van der Waals surface area contributed by atoms with Crippen molar-refractivity contribution in [1.82, 2.24) is 19.7 Å². The number of nitrogens with one attached hydrogen (secondary N) is 2. The molecule has 1 fully saturated rings. The van der Waals surface area contributed by atoms with Gasteiger partial charge in [-0.05, 0) is 36.8 Å². The molecule has 1 aliphatic rings. The van der Waals surface area contributed by atoms with E-state index in [1.807, 2.05) is 4.68 Å². The number of hydrogen-bond donors (Lipinski definition) is 3. The van der Waals surface area contributed by atoms with Crippen molar-refractivity contribution in [2.24, 2.45) is 0 Å². The zero-order chi connectivity index (χ0) is 24.6. The Kier molecular flexibility index (Phi) is 5.73. The Hall–Kier alpha value is -4.19. The number of benzene rings is 2. The first-order valence-electron chi connectivity index (χ1n) is 10.7. The molecule has 0 spiro atoms. The van der Waals surface area contributed by atoms with Crippen molar-refractivity contribution in [3.05, 3.63) is 60.4 Å². The maximum Gasteiger partial charge on any atom is 0.416 e. The van der Waals surface area contributed by atoms with E-state index in [0.717, 1.165) is 24.1 Å². The number of nitrogen functional groups attached to an aromatic ring is 1. The Morgan fingerprint density at radius 1 is 1.09 bits per heavy atom. The van der Waals surface area contributed by atoms with Gasteiger partial charge in [0.1, 0.15) is 17.8 Å². The number of anilines is 3. The van der Waals surface area contributed by atoms with E-state index in [4.69, 9.17) is 15.6 Å². The van der Waals surface area contributed by atoms with Crippen LogP contribution in [0.1, 0.15) is 18.0 Å². The number of nitrogens with zero attached hydrogens (tertiary/aromatic N) is 4. The molecule has 2 aromatic heterocycles. The second-order valence-electron chi connectivity index (χ2n) is 8.00. The van der Waals surface area contributed by atoms with E-state index in [-0.39, 0.29) is 11.7 Å². The van der Waals surface area contributed by atoms with Gasteiger partial charge in [0.2, 0.25) is 0 Å². The molecule has 1 saturated heterocycles. The lowest BCUT2D eigenvalue weighted by Gasteiger charge is -2.11. The van der Waals surface area contributed by atoms with Crippen LogP contribution < -0.4 is 16.4 Å². The van der Waals surface area contributed by atoms with E-state index >= 15 is 0 Å². The number of halogens is 3. The molecule has 4 aromatic rings. The van der Waals surface area contributed by atoms with Crippen molar-refractivity contribution < 1.29 is 22.7 Å². The van der Waals surface area contributed by atoms with Gasteiger partial charge in [-0.25, -0.2) is 19.4 Å². The monoisotopic (exact) mass is 483 g/mol. The number of nitrogens with two attached hydrogens (primary N) is 1. The smallest absolute Gasteiger partial charge is 0.383 e. The predicted octanol–water partition coefficient (Wildman–Crippen LogP) is 4.70. The van der Waals surface area contributed by atoms with E-state index in [2.05, 4.69) is 20.6 Å². The number of alkyl halides is 3. The third-order valence-corrected chi connectivity index (χ3v) is 5.63. The summed E-state index contributed by atoms with van der Waals surface area (Å²) in [5, 5.41) is 10.4. The van der Waals surface area contributed by atoms with E-state index in [9.17, 15) is 18.0 Å². The Balaban J connectivity index is 1.36. The van der Waals surface area contributed by atoms with Gasteiger partial charge in [-0.2, -0.15) is 18.3 Å². The Morgan fingerprint density at radius 2 is 1.86 bits per heavy atom. The van der Waals surface area contributed by atoms with Crippen LogP contribution in [0.15, 0.2) is 54.9 Å². The average molecular weight is 483 g/mol. The van der Waals surface area contributed by atoms with Gasteiger partial charge in [0.25, 0.3) is 0 Å². The highest BCUT2D eigenvalue weighted by Crippen LogP contribution is 2.34. The molecule has 1 atom stereocenters. The first-order valence-corrected chi connectivity index (χ1v) is 10.7. The van der Waals surface area contributed by atoms with Crippen molar-refractivity contribution >= 4 is 34.3 Å². The van der Waals surface area contributed by atoms with Crippen LogP contribution in [0.4, 0.5) is 35.2 Å². The molecule has 12 heteroatoms. The van der Waals surface area contributed by atoms with Crippen molar-refractivity contribution in [3.8, 4) is 11.3 Å². The summed E-state index contributed by atoms with van der Waals surface area (Å²) >= 11 is 0. The molecule has 0 radical (unpaired) electrons. The summed E-state index contributed by atoms with van der Waals surface area (Å²) in [7, 11) is 0. The fourth-order valence-electron chi connectivity index (χ4n) is 3.95. The molecular formula is C23H20F3N7O2. The molecule has 2 aromatic carbocycles. The first kappa shape index (κ1) is 22.6. The molecule has 1 aliphatic heterocycles. The topological polar surface area (TPSA) is 120 Å². The van der Waals surface area contributed by atoms with Crippen molar-refractivity contribution in [2.45, 2.75) is 18.6 Å². The Morgan fingerprint density at radius 3 is 2.57 bits per heavy atom. The fraction of sp³-hybridized carbons (Fsp3) is 0.217. The quantitative estimate of drug-likeness (QED) is 0.387.